The molecule has 7 nitrogen and oxygen atoms in total. The van der Waals surface area contributed by atoms with Crippen LogP contribution in [-0.2, 0) is 6.54 Å². The molecular formula is C20H27N5O2. The molecule has 0 atom stereocenters. The summed E-state index contributed by atoms with van der Waals surface area (Å²) in [7, 11) is 5.15. The van der Waals surface area contributed by atoms with Crippen LogP contribution in [-0.4, -0.2) is 63.3 Å². The zero-order valence-corrected chi connectivity index (χ0v) is 16.2. The highest BCUT2D eigenvalue weighted by molar-refractivity contribution is 5.80. The van der Waals surface area contributed by atoms with Crippen LogP contribution in [0.15, 0.2) is 47.6 Å². The summed E-state index contributed by atoms with van der Waals surface area (Å²) in [5, 5.41) is 3.42. The van der Waals surface area contributed by atoms with Crippen molar-refractivity contribution in [3.63, 3.8) is 0 Å². The molecule has 3 rings (SSSR count). The van der Waals surface area contributed by atoms with Crippen molar-refractivity contribution in [2.75, 3.05) is 52.3 Å². The number of nitrogens with zero attached hydrogens (tertiary/aromatic N) is 4. The van der Waals surface area contributed by atoms with E-state index in [0.29, 0.717) is 12.4 Å². The molecule has 1 aromatic heterocycles. The number of pyridine rings is 1. The van der Waals surface area contributed by atoms with Crippen molar-refractivity contribution in [1.29, 1.82) is 0 Å². The van der Waals surface area contributed by atoms with Gasteiger partial charge in [0.1, 0.15) is 5.75 Å². The molecule has 144 valence electrons. The van der Waals surface area contributed by atoms with Gasteiger partial charge in [0, 0.05) is 63.3 Å². The van der Waals surface area contributed by atoms with E-state index in [1.165, 1.54) is 5.69 Å². The molecule has 1 N–H and O–H groups in total. The first-order valence-electron chi connectivity index (χ1n) is 9.07. The summed E-state index contributed by atoms with van der Waals surface area (Å²) >= 11 is 0. The minimum absolute atomic E-state index is 0.625. The molecule has 0 spiro atoms. The first-order chi connectivity index (χ1) is 13.2. The molecule has 0 unspecified atom stereocenters. The Bertz CT molecular complexity index is 772. The number of methoxy groups -OCH3 is 2. The lowest BCUT2D eigenvalue weighted by molar-refractivity contribution is 0.369. The Morgan fingerprint density at radius 2 is 1.93 bits per heavy atom. The van der Waals surface area contributed by atoms with Crippen LogP contribution in [0.2, 0.25) is 0 Å². The number of aromatic nitrogens is 1. The molecule has 0 saturated carbocycles. The second-order valence-electron chi connectivity index (χ2n) is 6.25. The Labute approximate surface area is 160 Å². The minimum atomic E-state index is 0.625. The Morgan fingerprint density at radius 1 is 1.11 bits per heavy atom. The summed E-state index contributed by atoms with van der Waals surface area (Å²) in [5.41, 5.74) is 2.20. The molecule has 0 amide bonds. The molecule has 1 fully saturated rings. The van der Waals surface area contributed by atoms with Gasteiger partial charge in [-0.05, 0) is 18.2 Å². The van der Waals surface area contributed by atoms with Gasteiger partial charge in [0.2, 0.25) is 5.88 Å². The number of hydrogen-bond acceptors (Lipinski definition) is 5. The van der Waals surface area contributed by atoms with Crippen LogP contribution >= 0.6 is 0 Å². The fourth-order valence-electron chi connectivity index (χ4n) is 3.23. The quantitative estimate of drug-likeness (QED) is 0.643. The molecule has 7 heteroatoms. The van der Waals surface area contributed by atoms with Gasteiger partial charge < -0.3 is 24.6 Å². The number of ether oxygens (including phenoxy) is 2. The van der Waals surface area contributed by atoms with E-state index in [2.05, 4.69) is 37.2 Å². The molecule has 1 saturated heterocycles. The third kappa shape index (κ3) is 4.61. The van der Waals surface area contributed by atoms with E-state index in [0.717, 1.165) is 43.5 Å². The number of anilines is 1. The first kappa shape index (κ1) is 18.8. The van der Waals surface area contributed by atoms with Crippen molar-refractivity contribution < 1.29 is 9.47 Å². The fourth-order valence-corrected chi connectivity index (χ4v) is 3.23. The molecule has 0 aliphatic carbocycles. The van der Waals surface area contributed by atoms with Gasteiger partial charge in [-0.1, -0.05) is 12.1 Å². The molecule has 2 aromatic rings. The minimum Gasteiger partial charge on any atom is -0.497 e. The Kier molecular flexibility index (Phi) is 6.35. The smallest absolute Gasteiger partial charge is 0.218 e. The number of benzene rings is 1. The van der Waals surface area contributed by atoms with E-state index in [4.69, 9.17) is 9.47 Å². The highest BCUT2D eigenvalue weighted by Gasteiger charge is 2.20. The van der Waals surface area contributed by atoms with Crippen LogP contribution in [0.1, 0.15) is 5.56 Å². The monoisotopic (exact) mass is 369 g/mol. The first-order valence-corrected chi connectivity index (χ1v) is 9.07. The van der Waals surface area contributed by atoms with Gasteiger partial charge in [0.25, 0.3) is 0 Å². The van der Waals surface area contributed by atoms with E-state index >= 15 is 0 Å². The molecule has 1 aliphatic rings. The maximum absolute atomic E-state index is 5.33. The van der Waals surface area contributed by atoms with Crippen LogP contribution in [0.4, 0.5) is 5.69 Å². The van der Waals surface area contributed by atoms with Crippen molar-refractivity contribution in [1.82, 2.24) is 15.2 Å². The van der Waals surface area contributed by atoms with E-state index in [1.807, 2.05) is 31.3 Å². The largest absolute Gasteiger partial charge is 0.497 e. The predicted molar refractivity (Wildman–Crippen MR) is 108 cm³/mol. The summed E-state index contributed by atoms with van der Waals surface area (Å²) in [5.74, 6) is 2.42. The number of piperazine rings is 1. The molecule has 2 heterocycles. The third-order valence-corrected chi connectivity index (χ3v) is 4.69. The Balaban J connectivity index is 1.57. The van der Waals surface area contributed by atoms with Crippen LogP contribution < -0.4 is 19.7 Å². The number of rotatable bonds is 5. The second-order valence-corrected chi connectivity index (χ2v) is 6.25. The average molecular weight is 369 g/mol. The third-order valence-electron chi connectivity index (χ3n) is 4.69. The average Bonchev–Trinajstić information content (AvgIpc) is 2.75. The van der Waals surface area contributed by atoms with Crippen molar-refractivity contribution in [2.45, 2.75) is 6.54 Å². The van der Waals surface area contributed by atoms with Crippen molar-refractivity contribution in [3.05, 3.63) is 48.2 Å². The van der Waals surface area contributed by atoms with Gasteiger partial charge in [-0.15, -0.1) is 0 Å². The van der Waals surface area contributed by atoms with Crippen LogP contribution in [0, 0.1) is 0 Å². The van der Waals surface area contributed by atoms with E-state index < -0.39 is 0 Å². The van der Waals surface area contributed by atoms with Gasteiger partial charge >= 0.3 is 0 Å². The van der Waals surface area contributed by atoms with Gasteiger partial charge in [-0.25, -0.2) is 4.98 Å². The van der Waals surface area contributed by atoms with Gasteiger partial charge in [0.05, 0.1) is 14.2 Å². The number of hydrogen-bond donors (Lipinski definition) is 1. The summed E-state index contributed by atoms with van der Waals surface area (Å²) < 4.78 is 10.7. The summed E-state index contributed by atoms with van der Waals surface area (Å²) in [6.07, 6.45) is 1.73. The lowest BCUT2D eigenvalue weighted by atomic mass is 10.2. The molecule has 0 bridgehead atoms. The van der Waals surface area contributed by atoms with Crippen LogP contribution in [0.5, 0.6) is 11.6 Å². The van der Waals surface area contributed by atoms with Crippen LogP contribution in [0.25, 0.3) is 0 Å². The highest BCUT2D eigenvalue weighted by atomic mass is 16.5. The number of guanidine groups is 1. The normalized spacial score (nSPS) is 14.9. The van der Waals surface area contributed by atoms with E-state index in [9.17, 15) is 0 Å². The van der Waals surface area contributed by atoms with E-state index in [-0.39, 0.29) is 0 Å². The Hall–Kier alpha value is -2.96. The molecule has 27 heavy (non-hydrogen) atoms. The zero-order chi connectivity index (χ0) is 19.1. The molecule has 0 radical (unpaired) electrons. The second kappa shape index (κ2) is 9.12. The Morgan fingerprint density at radius 3 is 2.63 bits per heavy atom. The lowest BCUT2D eigenvalue weighted by Gasteiger charge is -2.37. The van der Waals surface area contributed by atoms with Gasteiger partial charge in [-0.3, -0.25) is 4.99 Å². The molecule has 1 aromatic carbocycles. The van der Waals surface area contributed by atoms with Gasteiger partial charge in [0.15, 0.2) is 5.96 Å². The maximum Gasteiger partial charge on any atom is 0.218 e. The standard InChI is InChI=1S/C20H27N5O2/c1-21-20(23-15-16-6-5-9-22-19(16)27-3)25-12-10-24(11-13-25)17-7-4-8-18(14-17)26-2/h4-9,14H,10-13,15H2,1-3H3,(H,21,23). The highest BCUT2D eigenvalue weighted by Crippen LogP contribution is 2.22. The molecule has 1 aliphatic heterocycles. The van der Waals surface area contributed by atoms with Crippen LogP contribution in [0.3, 0.4) is 0 Å². The van der Waals surface area contributed by atoms with E-state index in [1.54, 1.807) is 20.4 Å². The predicted octanol–water partition coefficient (Wildman–Crippen LogP) is 2.00. The molecular weight excluding hydrogens is 342 g/mol. The maximum atomic E-state index is 5.33. The van der Waals surface area contributed by atoms with Crippen molar-refractivity contribution in [3.8, 4) is 11.6 Å². The number of aliphatic imine (C=N–C) groups is 1. The van der Waals surface area contributed by atoms with Crippen molar-refractivity contribution in [2.24, 2.45) is 4.99 Å². The van der Waals surface area contributed by atoms with Gasteiger partial charge in [-0.2, -0.15) is 0 Å². The summed E-state index contributed by atoms with van der Waals surface area (Å²) in [4.78, 5) is 13.3. The number of nitrogens with one attached hydrogen (secondary N) is 1. The lowest BCUT2D eigenvalue weighted by Crippen LogP contribution is -2.52. The summed E-state index contributed by atoms with van der Waals surface area (Å²) in [6.45, 7) is 4.30. The zero-order valence-electron chi connectivity index (χ0n) is 16.2. The van der Waals surface area contributed by atoms with Crippen molar-refractivity contribution >= 4 is 11.6 Å². The topological polar surface area (TPSA) is 62.2 Å². The summed E-state index contributed by atoms with van der Waals surface area (Å²) in [6, 6.07) is 12.1. The fraction of sp³-hybridized carbons (Fsp3) is 0.400. The SMILES string of the molecule is CN=C(NCc1cccnc1OC)N1CCN(c2cccc(OC)c2)CC1.